The maximum absolute atomic E-state index is 12.1. The van der Waals surface area contributed by atoms with Gasteiger partial charge in [-0.3, -0.25) is 0 Å². The van der Waals surface area contributed by atoms with E-state index in [4.69, 9.17) is 4.74 Å². The fraction of sp³-hybridized carbons (Fsp3) is 0.692. The van der Waals surface area contributed by atoms with Crippen molar-refractivity contribution in [3.63, 3.8) is 0 Å². The summed E-state index contributed by atoms with van der Waals surface area (Å²) < 4.78 is 7.37. The third-order valence-corrected chi connectivity index (χ3v) is 3.00. The molecule has 0 saturated carbocycles. The van der Waals surface area contributed by atoms with Gasteiger partial charge in [0.15, 0.2) is 0 Å². The van der Waals surface area contributed by atoms with Gasteiger partial charge in [-0.05, 0) is 20.8 Å². The molecule has 2 heterocycles. The number of hydrogen-bond donors (Lipinski definition) is 1. The Morgan fingerprint density at radius 1 is 1.53 bits per heavy atom. The Bertz CT molecular complexity index is 450. The smallest absolute Gasteiger partial charge is 0.410 e. The monoisotopic (exact) mass is 266 g/mol. The predicted molar refractivity (Wildman–Crippen MR) is 71.8 cm³/mol. The van der Waals surface area contributed by atoms with Crippen LogP contribution in [0, 0.1) is 0 Å². The van der Waals surface area contributed by atoms with E-state index in [1.54, 1.807) is 11.1 Å². The first kappa shape index (κ1) is 13.9. The van der Waals surface area contributed by atoms with Gasteiger partial charge in [-0.2, -0.15) is 0 Å². The lowest BCUT2D eigenvalue weighted by Gasteiger charge is -2.34. The van der Waals surface area contributed by atoms with Gasteiger partial charge in [0.25, 0.3) is 0 Å². The Kier molecular flexibility index (Phi) is 3.80. The van der Waals surface area contributed by atoms with Crippen molar-refractivity contribution in [3.8, 4) is 0 Å². The van der Waals surface area contributed by atoms with E-state index in [2.05, 4.69) is 10.3 Å². The number of nitrogens with one attached hydrogen (secondary N) is 1. The molecular weight excluding hydrogens is 244 g/mol. The van der Waals surface area contributed by atoms with Gasteiger partial charge in [-0.15, -0.1) is 0 Å². The largest absolute Gasteiger partial charge is 0.444 e. The highest BCUT2D eigenvalue weighted by Gasteiger charge is 2.29. The van der Waals surface area contributed by atoms with Crippen LogP contribution in [-0.4, -0.2) is 45.8 Å². The van der Waals surface area contributed by atoms with E-state index >= 15 is 0 Å². The summed E-state index contributed by atoms with van der Waals surface area (Å²) in [5.74, 6) is 0.938. The first-order chi connectivity index (χ1) is 8.87. The Labute approximate surface area is 113 Å². The molecule has 1 fully saturated rings. The van der Waals surface area contributed by atoms with Gasteiger partial charge in [-0.25, -0.2) is 9.78 Å². The summed E-state index contributed by atoms with van der Waals surface area (Å²) in [6.07, 6.45) is 3.42. The molecule has 0 radical (unpaired) electrons. The molecular formula is C13H22N4O2. The van der Waals surface area contributed by atoms with Gasteiger partial charge in [0.05, 0.1) is 6.04 Å². The van der Waals surface area contributed by atoms with E-state index in [-0.39, 0.29) is 12.1 Å². The molecule has 1 aliphatic heterocycles. The third-order valence-electron chi connectivity index (χ3n) is 3.00. The van der Waals surface area contributed by atoms with Crippen LogP contribution in [0.15, 0.2) is 12.4 Å². The zero-order valence-electron chi connectivity index (χ0n) is 12.0. The highest BCUT2D eigenvalue weighted by molar-refractivity contribution is 5.68. The van der Waals surface area contributed by atoms with Crippen LogP contribution in [0.2, 0.25) is 0 Å². The van der Waals surface area contributed by atoms with E-state index in [1.165, 1.54) is 0 Å². The normalized spacial score (nSPS) is 20.4. The summed E-state index contributed by atoms with van der Waals surface area (Å²) in [6, 6.07) is 0.0567. The molecule has 0 spiro atoms. The van der Waals surface area contributed by atoms with Crippen molar-refractivity contribution in [1.29, 1.82) is 0 Å². The van der Waals surface area contributed by atoms with E-state index in [0.717, 1.165) is 12.4 Å². The second-order valence-corrected chi connectivity index (χ2v) is 5.83. The van der Waals surface area contributed by atoms with Crippen molar-refractivity contribution in [1.82, 2.24) is 19.8 Å². The standard InChI is InChI=1S/C13H22N4O2/c1-13(2,3)19-12(18)17-8-6-14-10(9-17)11-15-5-7-16(11)4/h5,7,10,14H,6,8-9H2,1-4H3. The minimum atomic E-state index is -0.458. The molecule has 1 aromatic heterocycles. The lowest BCUT2D eigenvalue weighted by atomic mass is 10.2. The van der Waals surface area contributed by atoms with Crippen LogP contribution in [0.3, 0.4) is 0 Å². The predicted octanol–water partition coefficient (Wildman–Crippen LogP) is 1.30. The number of hydrogen-bond acceptors (Lipinski definition) is 4. The SMILES string of the molecule is Cn1ccnc1C1CN(C(=O)OC(C)(C)C)CCN1. The van der Waals surface area contributed by atoms with Crippen LogP contribution >= 0.6 is 0 Å². The van der Waals surface area contributed by atoms with Crippen LogP contribution in [-0.2, 0) is 11.8 Å². The van der Waals surface area contributed by atoms with Crippen LogP contribution < -0.4 is 5.32 Å². The summed E-state index contributed by atoms with van der Waals surface area (Å²) >= 11 is 0. The maximum atomic E-state index is 12.1. The lowest BCUT2D eigenvalue weighted by molar-refractivity contribution is 0.0191. The Hall–Kier alpha value is -1.56. The molecule has 1 atom stereocenters. The zero-order valence-corrected chi connectivity index (χ0v) is 12.0. The first-order valence-electron chi connectivity index (χ1n) is 6.55. The molecule has 1 aromatic rings. The van der Waals surface area contributed by atoms with Crippen LogP contribution in [0.25, 0.3) is 0 Å². The number of carbonyl (C=O) groups excluding carboxylic acids is 1. The van der Waals surface area contributed by atoms with Crippen molar-refractivity contribution in [2.24, 2.45) is 7.05 Å². The third kappa shape index (κ3) is 3.47. The molecule has 19 heavy (non-hydrogen) atoms. The number of aromatic nitrogens is 2. The van der Waals surface area contributed by atoms with Crippen molar-refractivity contribution >= 4 is 6.09 Å². The summed E-state index contributed by atoms with van der Waals surface area (Å²) in [4.78, 5) is 18.1. The molecule has 0 aromatic carbocycles. The van der Waals surface area contributed by atoms with Crippen LogP contribution in [0.4, 0.5) is 4.79 Å². The minimum absolute atomic E-state index is 0.0567. The summed E-state index contributed by atoms with van der Waals surface area (Å²) in [7, 11) is 1.95. The van der Waals surface area contributed by atoms with E-state index in [1.807, 2.05) is 38.6 Å². The van der Waals surface area contributed by atoms with Crippen molar-refractivity contribution in [3.05, 3.63) is 18.2 Å². The number of imidazole rings is 1. The van der Waals surface area contributed by atoms with Gasteiger partial charge < -0.3 is 19.5 Å². The van der Waals surface area contributed by atoms with Gasteiger partial charge in [0.2, 0.25) is 0 Å². The molecule has 106 valence electrons. The molecule has 1 aliphatic rings. The number of rotatable bonds is 1. The van der Waals surface area contributed by atoms with E-state index in [0.29, 0.717) is 13.1 Å². The van der Waals surface area contributed by atoms with E-state index in [9.17, 15) is 4.79 Å². The summed E-state index contributed by atoms with van der Waals surface area (Å²) in [6.45, 7) is 7.63. The van der Waals surface area contributed by atoms with Gasteiger partial charge >= 0.3 is 6.09 Å². The summed E-state index contributed by atoms with van der Waals surface area (Å²) in [5.41, 5.74) is -0.458. The molecule has 6 heteroatoms. The fourth-order valence-electron chi connectivity index (χ4n) is 2.13. The molecule has 6 nitrogen and oxygen atoms in total. The second kappa shape index (κ2) is 5.21. The quantitative estimate of drug-likeness (QED) is 0.832. The number of aryl methyl sites for hydroxylation is 1. The molecule has 1 unspecified atom stereocenters. The van der Waals surface area contributed by atoms with Crippen LogP contribution in [0.5, 0.6) is 0 Å². The molecule has 0 aliphatic carbocycles. The first-order valence-corrected chi connectivity index (χ1v) is 6.55. The zero-order chi connectivity index (χ0) is 14.0. The fourth-order valence-corrected chi connectivity index (χ4v) is 2.13. The van der Waals surface area contributed by atoms with Crippen LogP contribution in [0.1, 0.15) is 32.6 Å². The van der Waals surface area contributed by atoms with Gasteiger partial charge in [0.1, 0.15) is 11.4 Å². The highest BCUT2D eigenvalue weighted by atomic mass is 16.6. The number of carbonyl (C=O) groups is 1. The van der Waals surface area contributed by atoms with Crippen molar-refractivity contribution in [2.75, 3.05) is 19.6 Å². The Morgan fingerprint density at radius 2 is 2.26 bits per heavy atom. The van der Waals surface area contributed by atoms with Gasteiger partial charge in [-0.1, -0.05) is 0 Å². The van der Waals surface area contributed by atoms with E-state index < -0.39 is 5.60 Å². The van der Waals surface area contributed by atoms with Gasteiger partial charge in [0, 0.05) is 39.1 Å². The summed E-state index contributed by atoms with van der Waals surface area (Å²) in [5, 5.41) is 3.38. The lowest BCUT2D eigenvalue weighted by Crippen LogP contribution is -2.50. The topological polar surface area (TPSA) is 59.4 Å². The number of ether oxygens (including phenoxy) is 1. The van der Waals surface area contributed by atoms with Crippen molar-refractivity contribution in [2.45, 2.75) is 32.4 Å². The Balaban J connectivity index is 2.01. The molecule has 1 saturated heterocycles. The maximum Gasteiger partial charge on any atom is 0.410 e. The molecule has 2 rings (SSSR count). The number of nitrogens with zero attached hydrogens (tertiary/aromatic N) is 3. The van der Waals surface area contributed by atoms with Crippen molar-refractivity contribution < 1.29 is 9.53 Å². The second-order valence-electron chi connectivity index (χ2n) is 5.83. The number of piperazine rings is 1. The average Bonchev–Trinajstić information content (AvgIpc) is 2.73. The number of amides is 1. The molecule has 1 amide bonds. The average molecular weight is 266 g/mol. The molecule has 1 N–H and O–H groups in total. The Morgan fingerprint density at radius 3 is 2.84 bits per heavy atom. The highest BCUT2D eigenvalue weighted by Crippen LogP contribution is 2.17. The minimum Gasteiger partial charge on any atom is -0.444 e. The molecule has 0 bridgehead atoms.